The molecule has 0 amide bonds. The molecule has 2 N–H and O–H groups in total. The summed E-state index contributed by atoms with van der Waals surface area (Å²) in [6.45, 7) is 4.96. The maximum Gasteiger partial charge on any atom is 0.223 e. The number of ether oxygens (including phenoxy) is 2. The molecule has 14 heavy (non-hydrogen) atoms. The molecule has 0 unspecified atom stereocenters. The fourth-order valence-electron chi connectivity index (χ4n) is 0.867. The van der Waals surface area contributed by atoms with E-state index < -0.39 is 0 Å². The molecular formula is C9H15N3O2. The Morgan fingerprint density at radius 2 is 2.21 bits per heavy atom. The summed E-state index contributed by atoms with van der Waals surface area (Å²) in [7, 11) is 0. The van der Waals surface area contributed by atoms with E-state index in [0.29, 0.717) is 19.1 Å². The van der Waals surface area contributed by atoms with Crippen LogP contribution in [0.25, 0.3) is 0 Å². The van der Waals surface area contributed by atoms with Gasteiger partial charge < -0.3 is 15.2 Å². The Hall–Kier alpha value is -1.36. The molecular weight excluding hydrogens is 182 g/mol. The molecule has 0 aliphatic carbocycles. The highest BCUT2D eigenvalue weighted by atomic mass is 16.5. The Morgan fingerprint density at radius 1 is 1.43 bits per heavy atom. The van der Waals surface area contributed by atoms with Crippen LogP contribution in [0.1, 0.15) is 13.8 Å². The largest absolute Gasteiger partial charge is 0.475 e. The summed E-state index contributed by atoms with van der Waals surface area (Å²) in [4.78, 5) is 7.63. The summed E-state index contributed by atoms with van der Waals surface area (Å²) < 4.78 is 10.6. The Labute approximate surface area is 83.3 Å². The van der Waals surface area contributed by atoms with Gasteiger partial charge in [0, 0.05) is 12.3 Å². The smallest absolute Gasteiger partial charge is 0.223 e. The van der Waals surface area contributed by atoms with Gasteiger partial charge in [0.05, 0.1) is 12.7 Å². The highest BCUT2D eigenvalue weighted by molar-refractivity contribution is 5.20. The maximum atomic E-state index is 5.38. The number of anilines is 1. The van der Waals surface area contributed by atoms with Crippen LogP contribution in [0.4, 0.5) is 5.95 Å². The standard InChI is InChI=1S/C9H15N3O2/c1-7(2)13-5-6-14-8-3-4-11-9(10)12-8/h3-4,7H,5-6H2,1-2H3,(H2,10,11,12). The number of aromatic nitrogens is 2. The van der Waals surface area contributed by atoms with Gasteiger partial charge in [-0.2, -0.15) is 4.98 Å². The zero-order valence-electron chi connectivity index (χ0n) is 8.43. The Balaban J connectivity index is 2.25. The van der Waals surface area contributed by atoms with E-state index in [1.807, 2.05) is 13.8 Å². The minimum atomic E-state index is 0.215. The molecule has 1 heterocycles. The van der Waals surface area contributed by atoms with Crippen molar-refractivity contribution in [3.63, 3.8) is 0 Å². The zero-order chi connectivity index (χ0) is 10.4. The van der Waals surface area contributed by atoms with Crippen molar-refractivity contribution in [3.8, 4) is 5.88 Å². The molecule has 0 atom stereocenters. The lowest BCUT2D eigenvalue weighted by Gasteiger charge is -2.08. The molecule has 1 rings (SSSR count). The van der Waals surface area contributed by atoms with E-state index in [1.54, 1.807) is 12.3 Å². The molecule has 5 nitrogen and oxygen atoms in total. The van der Waals surface area contributed by atoms with Gasteiger partial charge in [0.2, 0.25) is 11.8 Å². The average Bonchev–Trinajstić information content (AvgIpc) is 2.12. The van der Waals surface area contributed by atoms with Gasteiger partial charge in [0.15, 0.2) is 0 Å². The highest BCUT2D eigenvalue weighted by Crippen LogP contribution is 2.05. The average molecular weight is 197 g/mol. The van der Waals surface area contributed by atoms with Crippen molar-refractivity contribution in [1.29, 1.82) is 0 Å². The molecule has 0 saturated carbocycles. The lowest BCUT2D eigenvalue weighted by atomic mass is 10.5. The third kappa shape index (κ3) is 4.04. The van der Waals surface area contributed by atoms with E-state index in [-0.39, 0.29) is 12.1 Å². The summed E-state index contributed by atoms with van der Waals surface area (Å²) in [5.41, 5.74) is 5.38. The van der Waals surface area contributed by atoms with Gasteiger partial charge >= 0.3 is 0 Å². The first-order valence-corrected chi connectivity index (χ1v) is 4.51. The van der Waals surface area contributed by atoms with E-state index in [9.17, 15) is 0 Å². The van der Waals surface area contributed by atoms with Crippen molar-refractivity contribution in [2.45, 2.75) is 20.0 Å². The van der Waals surface area contributed by atoms with Gasteiger partial charge in [-0.05, 0) is 13.8 Å². The summed E-state index contributed by atoms with van der Waals surface area (Å²) in [6.07, 6.45) is 1.77. The Bertz CT molecular complexity index is 279. The summed E-state index contributed by atoms with van der Waals surface area (Å²) in [5.74, 6) is 0.692. The molecule has 1 aromatic heterocycles. The van der Waals surface area contributed by atoms with Crippen molar-refractivity contribution in [1.82, 2.24) is 9.97 Å². The van der Waals surface area contributed by atoms with Crippen molar-refractivity contribution in [2.24, 2.45) is 0 Å². The first-order valence-electron chi connectivity index (χ1n) is 4.51. The van der Waals surface area contributed by atoms with Crippen LogP contribution in [0.15, 0.2) is 12.3 Å². The van der Waals surface area contributed by atoms with Gasteiger partial charge in [0.25, 0.3) is 0 Å². The molecule has 0 spiro atoms. The van der Waals surface area contributed by atoms with Crippen LogP contribution in [-0.2, 0) is 4.74 Å². The second kappa shape index (κ2) is 5.39. The van der Waals surface area contributed by atoms with Crippen LogP contribution in [-0.4, -0.2) is 29.3 Å². The van der Waals surface area contributed by atoms with E-state index in [1.165, 1.54) is 0 Å². The van der Waals surface area contributed by atoms with Gasteiger partial charge in [-0.1, -0.05) is 0 Å². The summed E-state index contributed by atoms with van der Waals surface area (Å²) >= 11 is 0. The number of hydrogen-bond acceptors (Lipinski definition) is 5. The van der Waals surface area contributed by atoms with E-state index >= 15 is 0 Å². The van der Waals surface area contributed by atoms with Crippen molar-refractivity contribution in [2.75, 3.05) is 18.9 Å². The number of nitrogens with two attached hydrogens (primary N) is 1. The van der Waals surface area contributed by atoms with Gasteiger partial charge in [0.1, 0.15) is 6.61 Å². The second-order valence-corrected chi connectivity index (χ2v) is 3.02. The molecule has 1 aromatic rings. The highest BCUT2D eigenvalue weighted by Gasteiger charge is 1.97. The zero-order valence-corrected chi connectivity index (χ0v) is 8.43. The Kier molecular flexibility index (Phi) is 4.12. The monoisotopic (exact) mass is 197 g/mol. The first kappa shape index (κ1) is 10.7. The minimum absolute atomic E-state index is 0.215. The van der Waals surface area contributed by atoms with Crippen LogP contribution >= 0.6 is 0 Å². The molecule has 0 aliphatic heterocycles. The fraction of sp³-hybridized carbons (Fsp3) is 0.556. The normalized spacial score (nSPS) is 10.5. The lowest BCUT2D eigenvalue weighted by Crippen LogP contribution is -2.12. The summed E-state index contributed by atoms with van der Waals surface area (Å²) in [5, 5.41) is 0. The quantitative estimate of drug-likeness (QED) is 0.709. The maximum absolute atomic E-state index is 5.38. The van der Waals surface area contributed by atoms with Crippen LogP contribution in [0.3, 0.4) is 0 Å². The van der Waals surface area contributed by atoms with Gasteiger partial charge in [-0.15, -0.1) is 0 Å². The van der Waals surface area contributed by atoms with Gasteiger partial charge in [-0.3, -0.25) is 0 Å². The molecule has 0 bridgehead atoms. The number of rotatable bonds is 5. The van der Waals surface area contributed by atoms with E-state index in [4.69, 9.17) is 15.2 Å². The van der Waals surface area contributed by atoms with Gasteiger partial charge in [-0.25, -0.2) is 4.98 Å². The third-order valence-corrected chi connectivity index (χ3v) is 1.43. The third-order valence-electron chi connectivity index (χ3n) is 1.43. The van der Waals surface area contributed by atoms with Crippen LogP contribution < -0.4 is 10.5 Å². The molecule has 0 radical (unpaired) electrons. The molecule has 5 heteroatoms. The van der Waals surface area contributed by atoms with E-state index in [0.717, 1.165) is 0 Å². The van der Waals surface area contributed by atoms with Crippen LogP contribution in [0, 0.1) is 0 Å². The van der Waals surface area contributed by atoms with Crippen molar-refractivity contribution in [3.05, 3.63) is 12.3 Å². The first-order chi connectivity index (χ1) is 6.68. The predicted octanol–water partition coefficient (Wildman–Crippen LogP) is 0.863. The number of nitrogens with zero attached hydrogens (tertiary/aromatic N) is 2. The summed E-state index contributed by atoms with van der Waals surface area (Å²) in [6, 6.07) is 1.66. The van der Waals surface area contributed by atoms with Crippen molar-refractivity contribution < 1.29 is 9.47 Å². The molecule has 0 fully saturated rings. The van der Waals surface area contributed by atoms with Crippen LogP contribution in [0.5, 0.6) is 5.88 Å². The molecule has 78 valence electrons. The topological polar surface area (TPSA) is 70.3 Å². The van der Waals surface area contributed by atoms with Crippen molar-refractivity contribution >= 4 is 5.95 Å². The number of hydrogen-bond donors (Lipinski definition) is 1. The fourth-order valence-corrected chi connectivity index (χ4v) is 0.867. The predicted molar refractivity (Wildman–Crippen MR) is 53.0 cm³/mol. The van der Waals surface area contributed by atoms with Crippen LogP contribution in [0.2, 0.25) is 0 Å². The molecule has 0 aromatic carbocycles. The number of nitrogen functional groups attached to an aromatic ring is 1. The Morgan fingerprint density at radius 3 is 2.86 bits per heavy atom. The second-order valence-electron chi connectivity index (χ2n) is 3.02. The lowest BCUT2D eigenvalue weighted by molar-refractivity contribution is 0.0542. The SMILES string of the molecule is CC(C)OCCOc1ccnc(N)n1. The minimum Gasteiger partial charge on any atom is -0.475 e. The van der Waals surface area contributed by atoms with E-state index in [2.05, 4.69) is 9.97 Å². The molecule has 0 aliphatic rings. The molecule has 0 saturated heterocycles.